The van der Waals surface area contributed by atoms with Crippen molar-refractivity contribution in [3.63, 3.8) is 0 Å². The summed E-state index contributed by atoms with van der Waals surface area (Å²) in [6.07, 6.45) is -2.50. The number of hydrogen-bond acceptors (Lipinski definition) is 5. The van der Waals surface area contributed by atoms with E-state index in [9.17, 15) is 26.4 Å². The molecule has 0 radical (unpaired) electrons. The van der Waals surface area contributed by atoms with E-state index in [2.05, 4.69) is 4.84 Å². The number of hydroxylamine groups is 1. The van der Waals surface area contributed by atoms with E-state index >= 15 is 0 Å². The molecule has 0 aromatic heterocycles. The largest absolute Gasteiger partial charge is 0.492 e. The van der Waals surface area contributed by atoms with Gasteiger partial charge >= 0.3 is 12.1 Å². The average Bonchev–Trinajstić information content (AvgIpc) is 2.24. The van der Waals surface area contributed by atoms with Crippen molar-refractivity contribution in [1.82, 2.24) is 5.48 Å². The summed E-state index contributed by atoms with van der Waals surface area (Å²) in [5.41, 5.74) is 2.04. The van der Waals surface area contributed by atoms with Crippen LogP contribution in [0.1, 0.15) is 25.7 Å². The topological polar surface area (TPSA) is 72.5 Å². The zero-order valence-corrected chi connectivity index (χ0v) is 10.5. The van der Waals surface area contributed by atoms with Gasteiger partial charge in [0, 0.05) is 12.3 Å². The SMILES string of the molecule is CS(=O)(=O)C1CCC(NOC(=O)C(F)(F)F)CC1. The third kappa shape index (κ3) is 4.45. The van der Waals surface area contributed by atoms with Crippen molar-refractivity contribution in [3.05, 3.63) is 0 Å². The Morgan fingerprint density at radius 1 is 1.22 bits per heavy atom. The van der Waals surface area contributed by atoms with Crippen LogP contribution in [-0.2, 0) is 19.5 Å². The molecule has 0 saturated heterocycles. The van der Waals surface area contributed by atoms with Crippen molar-refractivity contribution in [2.24, 2.45) is 0 Å². The lowest BCUT2D eigenvalue weighted by Crippen LogP contribution is -2.40. The van der Waals surface area contributed by atoms with Gasteiger partial charge < -0.3 is 4.84 Å². The normalized spacial score (nSPS) is 25.8. The Labute approximate surface area is 103 Å². The van der Waals surface area contributed by atoms with Gasteiger partial charge in [0.05, 0.1) is 5.25 Å². The molecule has 0 atom stereocenters. The van der Waals surface area contributed by atoms with Gasteiger partial charge in [0.25, 0.3) is 0 Å². The molecule has 18 heavy (non-hydrogen) atoms. The van der Waals surface area contributed by atoms with E-state index in [0.717, 1.165) is 6.26 Å². The van der Waals surface area contributed by atoms with Crippen LogP contribution in [0.25, 0.3) is 0 Å². The van der Waals surface area contributed by atoms with Crippen LogP contribution in [0.4, 0.5) is 13.2 Å². The molecule has 1 aliphatic carbocycles. The van der Waals surface area contributed by atoms with Crippen molar-refractivity contribution in [2.45, 2.75) is 43.2 Å². The van der Waals surface area contributed by atoms with Gasteiger partial charge in [-0.3, -0.25) is 0 Å². The molecule has 106 valence electrons. The number of rotatable bonds is 3. The molecule has 0 aromatic rings. The highest BCUT2D eigenvalue weighted by Crippen LogP contribution is 2.24. The molecule has 1 rings (SSSR count). The van der Waals surface area contributed by atoms with Gasteiger partial charge in [-0.1, -0.05) is 0 Å². The number of hydrogen-bond donors (Lipinski definition) is 1. The highest BCUT2D eigenvalue weighted by Gasteiger charge is 2.42. The van der Waals surface area contributed by atoms with Crippen molar-refractivity contribution in [2.75, 3.05) is 6.26 Å². The molecule has 9 heteroatoms. The maximum Gasteiger partial charge on any atom is 0.492 e. The second-order valence-electron chi connectivity index (χ2n) is 4.31. The molecule has 1 fully saturated rings. The number of carbonyl (C=O) groups excluding carboxylic acids is 1. The average molecular weight is 289 g/mol. The van der Waals surface area contributed by atoms with Crippen LogP contribution in [0.2, 0.25) is 0 Å². The van der Waals surface area contributed by atoms with Crippen molar-refractivity contribution in [1.29, 1.82) is 0 Å². The highest BCUT2D eigenvalue weighted by atomic mass is 32.2. The van der Waals surface area contributed by atoms with Gasteiger partial charge in [-0.05, 0) is 25.7 Å². The number of sulfone groups is 1. The van der Waals surface area contributed by atoms with E-state index in [0.29, 0.717) is 25.7 Å². The zero-order valence-electron chi connectivity index (χ0n) is 9.66. The lowest BCUT2D eigenvalue weighted by atomic mass is 9.96. The van der Waals surface area contributed by atoms with Gasteiger partial charge in [0.2, 0.25) is 0 Å². The molecule has 0 unspecified atom stereocenters. The summed E-state index contributed by atoms with van der Waals surface area (Å²) in [5, 5.41) is -0.464. The molecule has 1 aliphatic rings. The van der Waals surface area contributed by atoms with E-state index < -0.39 is 33.3 Å². The summed E-state index contributed by atoms with van der Waals surface area (Å²) in [6, 6.07) is -0.436. The van der Waals surface area contributed by atoms with Gasteiger partial charge in [-0.25, -0.2) is 13.2 Å². The molecular weight excluding hydrogens is 275 g/mol. The predicted molar refractivity (Wildman–Crippen MR) is 56.2 cm³/mol. The van der Waals surface area contributed by atoms with Gasteiger partial charge in [0.15, 0.2) is 0 Å². The second-order valence-corrected chi connectivity index (χ2v) is 6.63. The van der Waals surface area contributed by atoms with Gasteiger partial charge in [0.1, 0.15) is 9.84 Å². The standard InChI is InChI=1S/C9H14F3NO4S/c1-18(15,16)7-4-2-6(3-5-7)13-17-8(14)9(10,11)12/h6-7,13H,2-5H2,1H3. The molecule has 0 heterocycles. The molecule has 0 bridgehead atoms. The Morgan fingerprint density at radius 3 is 2.11 bits per heavy atom. The van der Waals surface area contributed by atoms with Crippen molar-refractivity contribution in [3.8, 4) is 0 Å². The fourth-order valence-electron chi connectivity index (χ4n) is 1.80. The number of halogens is 3. The third-order valence-electron chi connectivity index (χ3n) is 2.83. The Kier molecular flexibility index (Phi) is 4.60. The van der Waals surface area contributed by atoms with Crippen LogP contribution < -0.4 is 5.48 Å². The fraction of sp³-hybridized carbons (Fsp3) is 0.889. The van der Waals surface area contributed by atoms with E-state index in [-0.39, 0.29) is 0 Å². The van der Waals surface area contributed by atoms with Crippen molar-refractivity contribution < 1.29 is 31.2 Å². The quantitative estimate of drug-likeness (QED) is 0.783. The molecule has 1 saturated carbocycles. The van der Waals surface area contributed by atoms with E-state index in [4.69, 9.17) is 0 Å². The van der Waals surface area contributed by atoms with E-state index in [1.165, 1.54) is 0 Å². The monoisotopic (exact) mass is 289 g/mol. The Balaban J connectivity index is 2.35. The highest BCUT2D eigenvalue weighted by molar-refractivity contribution is 7.91. The summed E-state index contributed by atoms with van der Waals surface area (Å²) in [5.74, 6) is -2.30. The van der Waals surface area contributed by atoms with Crippen molar-refractivity contribution >= 4 is 15.8 Å². The van der Waals surface area contributed by atoms with E-state index in [1.807, 2.05) is 5.48 Å². The molecule has 5 nitrogen and oxygen atoms in total. The summed E-state index contributed by atoms with van der Waals surface area (Å²) in [4.78, 5) is 14.3. The lowest BCUT2D eigenvalue weighted by molar-refractivity contribution is -0.208. The van der Waals surface area contributed by atoms with Gasteiger partial charge in [-0.15, -0.1) is 5.48 Å². The summed E-state index contributed by atoms with van der Waals surface area (Å²) >= 11 is 0. The number of nitrogens with one attached hydrogen (secondary N) is 1. The van der Waals surface area contributed by atoms with Crippen LogP contribution in [0, 0.1) is 0 Å². The van der Waals surface area contributed by atoms with Crippen LogP contribution in [-0.4, -0.2) is 38.1 Å². The first-order valence-electron chi connectivity index (χ1n) is 5.33. The second kappa shape index (κ2) is 5.43. The fourth-order valence-corrected chi connectivity index (χ4v) is 2.93. The first-order valence-corrected chi connectivity index (χ1v) is 7.28. The van der Waals surface area contributed by atoms with E-state index in [1.54, 1.807) is 0 Å². The van der Waals surface area contributed by atoms with Crippen LogP contribution in [0.3, 0.4) is 0 Å². The third-order valence-corrected chi connectivity index (χ3v) is 4.51. The molecule has 0 amide bonds. The minimum Gasteiger partial charge on any atom is -0.363 e. The summed E-state index contributed by atoms with van der Waals surface area (Å²) in [7, 11) is -3.12. The molecular formula is C9H14F3NO4S. The molecule has 0 aromatic carbocycles. The first-order chi connectivity index (χ1) is 8.10. The summed E-state index contributed by atoms with van der Waals surface area (Å²) < 4.78 is 58.0. The molecule has 1 N–H and O–H groups in total. The lowest BCUT2D eigenvalue weighted by Gasteiger charge is -2.27. The zero-order chi connectivity index (χ0) is 14.0. The smallest absolute Gasteiger partial charge is 0.363 e. The van der Waals surface area contributed by atoms with Gasteiger partial charge in [-0.2, -0.15) is 13.2 Å². The minimum atomic E-state index is -5.03. The maximum absolute atomic E-state index is 11.8. The Hall–Kier alpha value is -0.830. The molecule has 0 spiro atoms. The van der Waals surface area contributed by atoms with Crippen LogP contribution >= 0.6 is 0 Å². The first kappa shape index (κ1) is 15.2. The minimum absolute atomic E-state index is 0.347. The Morgan fingerprint density at radius 2 is 1.72 bits per heavy atom. The number of carbonyl (C=O) groups is 1. The summed E-state index contributed by atoms with van der Waals surface area (Å²) in [6.45, 7) is 0. The predicted octanol–water partition coefficient (Wildman–Crippen LogP) is 0.952. The molecule has 0 aliphatic heterocycles. The number of alkyl halides is 3. The van der Waals surface area contributed by atoms with Crippen LogP contribution in [0.5, 0.6) is 0 Å². The van der Waals surface area contributed by atoms with Crippen LogP contribution in [0.15, 0.2) is 0 Å². The maximum atomic E-state index is 11.8. The Bertz CT molecular complexity index is 399.